The number of isothiocyanates is 2. The predicted octanol–water partition coefficient (Wildman–Crippen LogP) is 5.71. The topological polar surface area (TPSA) is 47.7 Å². The summed E-state index contributed by atoms with van der Waals surface area (Å²) in [5.41, 5.74) is 0. The maximum atomic E-state index is 5.77. The molecule has 0 unspecified atom stereocenters. The lowest BCUT2D eigenvalue weighted by Gasteiger charge is -2.29. The van der Waals surface area contributed by atoms with E-state index in [1.165, 1.54) is 24.6 Å². The smallest absolute Gasteiger partial charge is 0.0554 e. The molecule has 0 aliphatic heterocycles. The number of nitrogens with one attached hydrogen (secondary N) is 2. The molecular formula is C12H26N2P2S2. The van der Waals surface area contributed by atoms with Crippen LogP contribution in [0.15, 0.2) is 0 Å². The first kappa shape index (κ1) is 23.5. The van der Waals surface area contributed by atoms with Crippen LogP contribution < -0.4 is 0 Å². The molecule has 0 saturated carbocycles. The Kier molecular flexibility index (Phi) is 25.9. The summed E-state index contributed by atoms with van der Waals surface area (Å²) in [5.74, 6) is 0. The standard InChI is InChI=1S/C10H24P2.2CHNS/c1-6-11(7-2)10(5)12(8-3)9-4;2*2-1-3/h10H,6-9H2,1-5H3;2*2H. The quantitative estimate of drug-likeness (QED) is 0.373. The Morgan fingerprint density at radius 2 is 1.00 bits per heavy atom. The Labute approximate surface area is 126 Å². The Balaban J connectivity index is -0.000000315. The lowest BCUT2D eigenvalue weighted by Crippen LogP contribution is -2.04. The molecule has 0 aromatic heterocycles. The molecular weight excluding hydrogens is 298 g/mol. The van der Waals surface area contributed by atoms with E-state index in [-0.39, 0.29) is 0 Å². The van der Waals surface area contributed by atoms with Crippen molar-refractivity contribution in [1.29, 1.82) is 10.8 Å². The molecule has 0 heterocycles. The zero-order valence-corrected chi connectivity index (χ0v) is 15.5. The molecule has 18 heavy (non-hydrogen) atoms. The van der Waals surface area contributed by atoms with Gasteiger partial charge >= 0.3 is 0 Å². The highest BCUT2D eigenvalue weighted by Gasteiger charge is 2.19. The Morgan fingerprint density at radius 3 is 1.11 bits per heavy atom. The SMILES string of the molecule is CCP(CC)C(C)P(CC)CC.N=C=S.N=C=S. The van der Waals surface area contributed by atoms with Gasteiger partial charge in [-0.3, -0.25) is 0 Å². The monoisotopic (exact) mass is 324 g/mol. The molecule has 0 rings (SSSR count). The molecule has 2 N–H and O–H groups in total. The molecule has 0 aliphatic carbocycles. The van der Waals surface area contributed by atoms with Gasteiger partial charge in [0, 0.05) is 0 Å². The minimum absolute atomic E-state index is 0.360. The largest absolute Gasteiger partial charge is 0.248 e. The molecule has 0 amide bonds. The van der Waals surface area contributed by atoms with Gasteiger partial charge in [0.15, 0.2) is 0 Å². The summed E-state index contributed by atoms with van der Waals surface area (Å²) in [4.78, 5) is 0. The molecule has 2 nitrogen and oxygen atoms in total. The average molecular weight is 324 g/mol. The number of hydrogen-bond donors (Lipinski definition) is 2. The normalized spacial score (nSPS) is 8.89. The van der Waals surface area contributed by atoms with Crippen molar-refractivity contribution in [1.82, 2.24) is 0 Å². The third-order valence-electron chi connectivity index (χ3n) is 2.68. The molecule has 0 saturated heterocycles. The molecule has 0 fully saturated rings. The second kappa shape index (κ2) is 19.8. The van der Waals surface area contributed by atoms with Crippen LogP contribution in [-0.2, 0) is 0 Å². The van der Waals surface area contributed by atoms with Crippen molar-refractivity contribution < 1.29 is 0 Å². The minimum Gasteiger partial charge on any atom is -0.248 e. The van der Waals surface area contributed by atoms with E-state index < -0.39 is 0 Å². The van der Waals surface area contributed by atoms with Gasteiger partial charge in [0.25, 0.3) is 0 Å². The fourth-order valence-corrected chi connectivity index (χ4v) is 8.55. The molecule has 0 atom stereocenters. The Bertz CT molecular complexity index is 206. The zero-order valence-electron chi connectivity index (χ0n) is 12.1. The van der Waals surface area contributed by atoms with E-state index in [0.29, 0.717) is 15.8 Å². The van der Waals surface area contributed by atoms with Gasteiger partial charge in [-0.25, -0.2) is 10.8 Å². The summed E-state index contributed by atoms with van der Waals surface area (Å²) in [6.07, 6.45) is 5.75. The molecule has 0 aromatic carbocycles. The molecule has 6 heteroatoms. The molecule has 0 spiro atoms. The highest BCUT2D eigenvalue weighted by molar-refractivity contribution is 7.78. The zero-order chi connectivity index (χ0) is 15.0. The maximum Gasteiger partial charge on any atom is 0.0554 e. The second-order valence-electron chi connectivity index (χ2n) is 3.28. The van der Waals surface area contributed by atoms with Gasteiger partial charge in [-0.1, -0.05) is 50.5 Å². The summed E-state index contributed by atoms with van der Waals surface area (Å²) in [6.45, 7) is 12.0. The van der Waals surface area contributed by atoms with Crippen LogP contribution in [0.2, 0.25) is 0 Å². The molecule has 0 aliphatic rings. The highest BCUT2D eigenvalue weighted by Crippen LogP contribution is 2.57. The van der Waals surface area contributed by atoms with Gasteiger partial charge in [-0.05, 0) is 54.5 Å². The maximum absolute atomic E-state index is 5.77. The van der Waals surface area contributed by atoms with Crippen molar-refractivity contribution in [3.8, 4) is 0 Å². The van der Waals surface area contributed by atoms with Crippen LogP contribution in [0.25, 0.3) is 0 Å². The summed E-state index contributed by atoms with van der Waals surface area (Å²) in [6, 6.07) is 0. The van der Waals surface area contributed by atoms with Crippen molar-refractivity contribution in [3.05, 3.63) is 0 Å². The van der Waals surface area contributed by atoms with E-state index in [4.69, 9.17) is 10.8 Å². The van der Waals surface area contributed by atoms with Crippen LogP contribution in [-0.4, -0.2) is 40.4 Å². The van der Waals surface area contributed by atoms with Crippen molar-refractivity contribution in [3.63, 3.8) is 0 Å². The van der Waals surface area contributed by atoms with Crippen LogP contribution in [0.3, 0.4) is 0 Å². The summed E-state index contributed by atoms with van der Waals surface area (Å²) >= 11 is 7.62. The van der Waals surface area contributed by atoms with Crippen molar-refractivity contribution in [2.45, 2.75) is 40.0 Å². The van der Waals surface area contributed by atoms with E-state index in [1.54, 1.807) is 10.3 Å². The van der Waals surface area contributed by atoms with Crippen molar-refractivity contribution in [2.75, 3.05) is 24.6 Å². The van der Waals surface area contributed by atoms with Gasteiger partial charge in [-0.2, -0.15) is 0 Å². The van der Waals surface area contributed by atoms with Crippen molar-refractivity contribution in [2.24, 2.45) is 0 Å². The first-order valence-corrected chi connectivity index (χ1v) is 10.5. The summed E-state index contributed by atoms with van der Waals surface area (Å²) in [5, 5.41) is 15.8. The average Bonchev–Trinajstić information content (AvgIpc) is 2.34. The molecule has 0 aromatic rings. The van der Waals surface area contributed by atoms with Crippen LogP contribution in [0, 0.1) is 10.8 Å². The van der Waals surface area contributed by atoms with E-state index >= 15 is 0 Å². The van der Waals surface area contributed by atoms with E-state index in [0.717, 1.165) is 5.40 Å². The van der Waals surface area contributed by atoms with Crippen LogP contribution in [0.4, 0.5) is 0 Å². The van der Waals surface area contributed by atoms with Gasteiger partial charge in [0.2, 0.25) is 0 Å². The van der Waals surface area contributed by atoms with Gasteiger partial charge in [-0.15, -0.1) is 0 Å². The second-order valence-corrected chi connectivity index (χ2v) is 10.5. The van der Waals surface area contributed by atoms with E-state index in [2.05, 4.69) is 59.1 Å². The first-order chi connectivity index (χ1) is 8.53. The van der Waals surface area contributed by atoms with E-state index in [9.17, 15) is 0 Å². The van der Waals surface area contributed by atoms with Gasteiger partial charge in [0.1, 0.15) is 0 Å². The Hall–Kier alpha value is 0.460. The van der Waals surface area contributed by atoms with Gasteiger partial charge < -0.3 is 0 Å². The third-order valence-corrected chi connectivity index (χ3v) is 10.0. The number of hydrogen-bond acceptors (Lipinski definition) is 4. The highest BCUT2D eigenvalue weighted by atomic mass is 32.1. The molecule has 106 valence electrons. The predicted molar refractivity (Wildman–Crippen MR) is 96.1 cm³/mol. The molecule has 0 radical (unpaired) electrons. The van der Waals surface area contributed by atoms with Crippen molar-refractivity contribution >= 4 is 50.6 Å². The first-order valence-electron chi connectivity index (χ1n) is 6.10. The van der Waals surface area contributed by atoms with Crippen LogP contribution in [0.1, 0.15) is 34.6 Å². The molecule has 0 bridgehead atoms. The lowest BCUT2D eigenvalue weighted by atomic mass is 10.9. The van der Waals surface area contributed by atoms with Gasteiger partial charge in [0.05, 0.1) is 10.3 Å². The Morgan fingerprint density at radius 1 is 0.833 bits per heavy atom. The summed E-state index contributed by atoms with van der Waals surface area (Å²) in [7, 11) is 0.721. The van der Waals surface area contributed by atoms with Crippen LogP contribution >= 0.6 is 40.3 Å². The fourth-order valence-electron chi connectivity index (χ4n) is 1.74. The number of thiocarbonyl (C=S) groups is 2. The van der Waals surface area contributed by atoms with Crippen LogP contribution in [0.5, 0.6) is 0 Å². The minimum atomic E-state index is 0.360. The fraction of sp³-hybridized carbons (Fsp3) is 0.833. The lowest BCUT2D eigenvalue weighted by molar-refractivity contribution is 1.24. The number of rotatable bonds is 6. The van der Waals surface area contributed by atoms with E-state index in [1.807, 2.05) is 0 Å². The summed E-state index contributed by atoms with van der Waals surface area (Å²) < 4.78 is 0. The third kappa shape index (κ3) is 14.5.